The number of aryl methyl sites for hydroxylation is 1. The number of rotatable bonds is 6. The lowest BCUT2D eigenvalue weighted by Crippen LogP contribution is -2.39. The van der Waals surface area contributed by atoms with Crippen molar-refractivity contribution in [1.29, 1.82) is 5.26 Å². The lowest BCUT2D eigenvalue weighted by atomic mass is 10.0. The van der Waals surface area contributed by atoms with E-state index < -0.39 is 19.4 Å². The summed E-state index contributed by atoms with van der Waals surface area (Å²) in [5, 5.41) is 11.0. The summed E-state index contributed by atoms with van der Waals surface area (Å²) in [4.78, 5) is 1.78. The summed E-state index contributed by atoms with van der Waals surface area (Å²) >= 11 is 0. The lowest BCUT2D eigenvalue weighted by Gasteiger charge is -2.34. The molecule has 5 heteroatoms. The number of hydrogen-bond acceptors (Lipinski definition) is 2. The fourth-order valence-electron chi connectivity index (χ4n) is 4.78. The van der Waals surface area contributed by atoms with Crippen molar-refractivity contribution < 1.29 is 8.78 Å². The Hall–Kier alpha value is -2.61. The third kappa shape index (κ3) is 3.35. The minimum atomic E-state index is -0.834. The molecule has 2 aliphatic rings. The SMILES string of the molecule is CCc1ccc2c(C#N)c(C3=CC=CCN3C(CF)CF)n(C3CCCC3)c2c1. The van der Waals surface area contributed by atoms with E-state index in [1.807, 2.05) is 24.3 Å². The van der Waals surface area contributed by atoms with Crippen molar-refractivity contribution in [3.05, 3.63) is 53.2 Å². The smallest absolute Gasteiger partial charge is 0.112 e. The third-order valence-corrected chi connectivity index (χ3v) is 6.32. The summed E-state index contributed by atoms with van der Waals surface area (Å²) in [7, 11) is 0. The first-order valence-electron chi connectivity index (χ1n) is 10.6. The number of nitrogens with zero attached hydrogens (tertiary/aromatic N) is 3. The Morgan fingerprint density at radius 1 is 1.21 bits per heavy atom. The number of nitriles is 1. The highest BCUT2D eigenvalue weighted by Gasteiger charge is 2.31. The lowest BCUT2D eigenvalue weighted by molar-refractivity contribution is 0.211. The molecule has 0 spiro atoms. The Kier molecular flexibility index (Phi) is 5.71. The zero-order valence-electron chi connectivity index (χ0n) is 16.9. The summed E-state index contributed by atoms with van der Waals surface area (Å²) in [6.45, 7) is 1.06. The van der Waals surface area contributed by atoms with Crippen molar-refractivity contribution >= 4 is 16.6 Å². The van der Waals surface area contributed by atoms with E-state index in [1.165, 1.54) is 18.4 Å². The molecule has 0 bridgehead atoms. The standard InChI is InChI=1S/C24H27F2N3/c1-2-17-10-11-20-21(16-27)24(29(23(20)13-17)18-7-3-4-8-18)22-9-5-6-12-28(22)19(14-25)15-26/h5-6,9-11,13,18-19H,2-4,7-8,12,14-15H2,1H3. The van der Waals surface area contributed by atoms with Crippen molar-refractivity contribution in [2.75, 3.05) is 19.9 Å². The van der Waals surface area contributed by atoms with E-state index >= 15 is 0 Å². The first kappa shape index (κ1) is 19.7. The highest BCUT2D eigenvalue weighted by molar-refractivity contribution is 5.93. The van der Waals surface area contributed by atoms with Gasteiger partial charge in [-0.05, 0) is 37.0 Å². The molecule has 0 radical (unpaired) electrons. The molecular weight excluding hydrogens is 368 g/mol. The van der Waals surface area contributed by atoms with Crippen LogP contribution in [0, 0.1) is 11.3 Å². The van der Waals surface area contributed by atoms with E-state index in [1.54, 1.807) is 4.90 Å². The molecule has 152 valence electrons. The topological polar surface area (TPSA) is 32.0 Å². The predicted molar refractivity (Wildman–Crippen MR) is 113 cm³/mol. The van der Waals surface area contributed by atoms with Crippen molar-refractivity contribution in [3.63, 3.8) is 0 Å². The maximum atomic E-state index is 13.6. The monoisotopic (exact) mass is 395 g/mol. The molecule has 0 N–H and O–H groups in total. The second kappa shape index (κ2) is 8.41. The normalized spacial score (nSPS) is 17.3. The Labute approximate surface area is 170 Å². The highest BCUT2D eigenvalue weighted by atomic mass is 19.1. The number of hydrogen-bond donors (Lipinski definition) is 0. The molecular formula is C24H27F2N3. The summed E-state index contributed by atoms with van der Waals surface area (Å²) < 4.78 is 29.5. The van der Waals surface area contributed by atoms with E-state index in [-0.39, 0.29) is 0 Å². The molecule has 1 fully saturated rings. The predicted octanol–water partition coefficient (Wildman–Crippen LogP) is 5.71. The summed E-state index contributed by atoms with van der Waals surface area (Å²) in [5.74, 6) is 0. The maximum absolute atomic E-state index is 13.6. The number of halogens is 2. The number of alkyl halides is 2. The van der Waals surface area contributed by atoms with Gasteiger partial charge in [0.25, 0.3) is 0 Å². The largest absolute Gasteiger partial charge is 0.358 e. The molecule has 3 nitrogen and oxygen atoms in total. The Morgan fingerprint density at radius 2 is 1.97 bits per heavy atom. The molecule has 0 saturated heterocycles. The highest BCUT2D eigenvalue weighted by Crippen LogP contribution is 2.41. The average molecular weight is 395 g/mol. The van der Waals surface area contributed by atoms with Crippen LogP contribution in [0.15, 0.2) is 36.4 Å². The molecule has 0 amide bonds. The maximum Gasteiger partial charge on any atom is 0.112 e. The second-order valence-corrected chi connectivity index (χ2v) is 7.94. The Morgan fingerprint density at radius 3 is 2.62 bits per heavy atom. The van der Waals surface area contributed by atoms with Gasteiger partial charge >= 0.3 is 0 Å². The third-order valence-electron chi connectivity index (χ3n) is 6.32. The molecule has 1 saturated carbocycles. The van der Waals surface area contributed by atoms with Gasteiger partial charge in [-0.25, -0.2) is 8.78 Å². The van der Waals surface area contributed by atoms with E-state index in [4.69, 9.17) is 0 Å². The van der Waals surface area contributed by atoms with Crippen LogP contribution in [0.3, 0.4) is 0 Å². The van der Waals surface area contributed by atoms with Gasteiger partial charge in [-0.15, -0.1) is 0 Å². The van der Waals surface area contributed by atoms with E-state index in [2.05, 4.69) is 29.7 Å². The van der Waals surface area contributed by atoms with Gasteiger partial charge in [-0.1, -0.05) is 44.1 Å². The number of fused-ring (bicyclic) bond motifs is 1. The van der Waals surface area contributed by atoms with Gasteiger partial charge in [0.2, 0.25) is 0 Å². The van der Waals surface area contributed by atoms with Crippen LogP contribution in [0.1, 0.15) is 55.5 Å². The second-order valence-electron chi connectivity index (χ2n) is 7.94. The molecule has 1 aliphatic heterocycles. The fourth-order valence-corrected chi connectivity index (χ4v) is 4.78. The molecule has 0 unspecified atom stereocenters. The van der Waals surface area contributed by atoms with E-state index in [9.17, 15) is 14.0 Å². The molecule has 1 aliphatic carbocycles. The van der Waals surface area contributed by atoms with Gasteiger partial charge in [0, 0.05) is 18.0 Å². The molecule has 1 aromatic heterocycles. The zero-order chi connectivity index (χ0) is 20.4. The van der Waals surface area contributed by atoms with Crippen LogP contribution in [0.25, 0.3) is 16.6 Å². The van der Waals surface area contributed by atoms with Gasteiger partial charge in [-0.3, -0.25) is 0 Å². The Bertz CT molecular complexity index is 986. The van der Waals surface area contributed by atoms with Gasteiger partial charge in [-0.2, -0.15) is 5.26 Å². The molecule has 2 heterocycles. The van der Waals surface area contributed by atoms with Gasteiger partial charge in [0.15, 0.2) is 0 Å². The van der Waals surface area contributed by atoms with Crippen molar-refractivity contribution in [1.82, 2.24) is 9.47 Å². The van der Waals surface area contributed by atoms with Crippen LogP contribution in [-0.4, -0.2) is 35.4 Å². The molecule has 29 heavy (non-hydrogen) atoms. The van der Waals surface area contributed by atoms with Crippen LogP contribution in [0.5, 0.6) is 0 Å². The van der Waals surface area contributed by atoms with Crippen molar-refractivity contribution in [3.8, 4) is 6.07 Å². The van der Waals surface area contributed by atoms with Crippen LogP contribution < -0.4 is 0 Å². The van der Waals surface area contributed by atoms with E-state index in [0.29, 0.717) is 18.2 Å². The minimum Gasteiger partial charge on any atom is -0.358 e. The van der Waals surface area contributed by atoms with Crippen LogP contribution in [0.4, 0.5) is 8.78 Å². The number of allylic oxidation sites excluding steroid dienone is 2. The number of benzene rings is 1. The summed E-state index contributed by atoms with van der Waals surface area (Å²) in [6.07, 6.45) is 11.1. The molecule has 4 rings (SSSR count). The van der Waals surface area contributed by atoms with E-state index in [0.717, 1.165) is 41.6 Å². The average Bonchev–Trinajstić information content (AvgIpc) is 3.40. The first-order chi connectivity index (χ1) is 14.2. The van der Waals surface area contributed by atoms with Crippen LogP contribution >= 0.6 is 0 Å². The van der Waals surface area contributed by atoms with Gasteiger partial charge in [0.05, 0.1) is 28.5 Å². The molecule has 1 aromatic carbocycles. The van der Waals surface area contributed by atoms with Crippen LogP contribution in [-0.2, 0) is 6.42 Å². The molecule has 2 aromatic rings. The first-order valence-corrected chi connectivity index (χ1v) is 10.6. The van der Waals surface area contributed by atoms with Gasteiger partial charge in [0.1, 0.15) is 19.4 Å². The molecule has 0 atom stereocenters. The summed E-state index contributed by atoms with van der Waals surface area (Å²) in [5.41, 5.74) is 4.47. The number of aromatic nitrogens is 1. The van der Waals surface area contributed by atoms with Crippen molar-refractivity contribution in [2.24, 2.45) is 0 Å². The zero-order valence-corrected chi connectivity index (χ0v) is 16.9. The Balaban J connectivity index is 1.99. The summed E-state index contributed by atoms with van der Waals surface area (Å²) in [6, 6.07) is 8.18. The minimum absolute atomic E-state index is 0.310. The van der Waals surface area contributed by atoms with Crippen molar-refractivity contribution in [2.45, 2.75) is 51.1 Å². The van der Waals surface area contributed by atoms with Crippen LogP contribution in [0.2, 0.25) is 0 Å². The quantitative estimate of drug-likeness (QED) is 0.627. The fraction of sp³-hybridized carbons (Fsp3) is 0.458. The van der Waals surface area contributed by atoms with Gasteiger partial charge < -0.3 is 9.47 Å².